The molecular weight excluding hydrogens is 532 g/mol. The molecule has 8 rings (SSSR count). The van der Waals surface area contributed by atoms with Gasteiger partial charge in [0.25, 0.3) is 0 Å². The summed E-state index contributed by atoms with van der Waals surface area (Å²) in [5.41, 5.74) is 3.37. The van der Waals surface area contributed by atoms with Crippen molar-refractivity contribution >= 4 is 32.4 Å². The predicted molar refractivity (Wildman–Crippen MR) is 152 cm³/mol. The molecule has 3 aliphatic rings. The fourth-order valence-corrected chi connectivity index (χ4v) is 7.56. The summed E-state index contributed by atoms with van der Waals surface area (Å²) in [5, 5.41) is 18.4. The van der Waals surface area contributed by atoms with E-state index in [1.54, 1.807) is 0 Å². The first-order chi connectivity index (χ1) is 18.2. The van der Waals surface area contributed by atoms with Crippen LogP contribution in [0.25, 0.3) is 32.4 Å². The van der Waals surface area contributed by atoms with E-state index < -0.39 is 6.10 Å². The Morgan fingerprint density at radius 2 is 1.58 bits per heavy atom. The van der Waals surface area contributed by atoms with Gasteiger partial charge in [-0.05, 0) is 51.2 Å². The molecule has 2 bridgehead atoms. The Hall–Kier alpha value is -3.05. The summed E-state index contributed by atoms with van der Waals surface area (Å²) in [6, 6.07) is 30.3. The van der Waals surface area contributed by atoms with Crippen LogP contribution in [0.2, 0.25) is 0 Å². The maximum Gasteiger partial charge on any atom is 0.131 e. The van der Waals surface area contributed by atoms with E-state index in [0.29, 0.717) is 11.8 Å². The molecule has 1 N–H and O–H groups in total. The number of nitrogens with zero attached hydrogens (tertiary/aromatic N) is 2. The summed E-state index contributed by atoms with van der Waals surface area (Å²) < 4.78 is 0.906. The zero-order valence-corrected chi connectivity index (χ0v) is 23.1. The van der Waals surface area contributed by atoms with Crippen molar-refractivity contribution in [3.05, 3.63) is 115 Å². The molecule has 4 aromatic carbocycles. The number of piperidine rings is 3. The van der Waals surface area contributed by atoms with Gasteiger partial charge in [-0.3, -0.25) is 4.98 Å². The van der Waals surface area contributed by atoms with Gasteiger partial charge in [-0.15, -0.1) is 6.58 Å². The standard InChI is InChI=1S/C34H33N2O.BrH/c1-2-23-21-36(22-31-27-11-5-3-9-25(27)19-26-10-4-6-12-28(26)31)18-16-24(23)20-33(36)34(37)30-15-17-35-32-14-8-7-13-29(30)32;/h2-15,17,19,23-24,33-34,37H,1,16,18,20-22H2;1H/q+1;/p-1/t23-,24-,33+,34-,36?;/m0./s1. The first-order valence-corrected chi connectivity index (χ1v) is 13.6. The number of pyridine rings is 1. The summed E-state index contributed by atoms with van der Waals surface area (Å²) in [7, 11) is 0. The lowest BCUT2D eigenvalue weighted by molar-refractivity contribution is -0.984. The van der Waals surface area contributed by atoms with E-state index in [9.17, 15) is 5.11 Å². The van der Waals surface area contributed by atoms with Crippen molar-refractivity contribution in [2.75, 3.05) is 13.1 Å². The molecule has 3 nitrogen and oxygen atoms in total. The van der Waals surface area contributed by atoms with Crippen molar-refractivity contribution in [1.82, 2.24) is 4.98 Å². The van der Waals surface area contributed by atoms with Crippen molar-refractivity contribution in [2.24, 2.45) is 11.8 Å². The molecule has 5 aromatic rings. The summed E-state index contributed by atoms with van der Waals surface area (Å²) in [4.78, 5) is 4.57. The molecule has 0 amide bonds. The number of para-hydroxylation sites is 1. The highest BCUT2D eigenvalue weighted by atomic mass is 79.9. The molecule has 3 saturated heterocycles. The lowest BCUT2D eigenvalue weighted by atomic mass is 9.71. The minimum absolute atomic E-state index is 0. The molecule has 0 spiro atoms. The molecule has 0 aliphatic carbocycles. The highest BCUT2D eigenvalue weighted by molar-refractivity contribution is 6.02. The van der Waals surface area contributed by atoms with Crippen LogP contribution in [0.3, 0.4) is 0 Å². The van der Waals surface area contributed by atoms with Crippen molar-refractivity contribution in [1.29, 1.82) is 0 Å². The van der Waals surface area contributed by atoms with Gasteiger partial charge < -0.3 is 26.6 Å². The van der Waals surface area contributed by atoms with Crippen LogP contribution < -0.4 is 17.0 Å². The van der Waals surface area contributed by atoms with Gasteiger partial charge in [0, 0.05) is 35.9 Å². The van der Waals surface area contributed by atoms with Gasteiger partial charge in [0.05, 0.1) is 18.6 Å². The number of hydrogen-bond acceptors (Lipinski definition) is 2. The van der Waals surface area contributed by atoms with Crippen molar-refractivity contribution in [3.63, 3.8) is 0 Å². The Morgan fingerprint density at radius 3 is 2.29 bits per heavy atom. The molecule has 38 heavy (non-hydrogen) atoms. The first-order valence-electron chi connectivity index (χ1n) is 13.6. The van der Waals surface area contributed by atoms with E-state index in [0.717, 1.165) is 47.0 Å². The molecule has 5 atom stereocenters. The van der Waals surface area contributed by atoms with E-state index in [4.69, 9.17) is 0 Å². The molecule has 3 aliphatic heterocycles. The third-order valence-electron chi connectivity index (χ3n) is 9.40. The second-order valence-electron chi connectivity index (χ2n) is 11.2. The molecule has 3 fully saturated rings. The largest absolute Gasteiger partial charge is 1.00 e. The Labute approximate surface area is 234 Å². The van der Waals surface area contributed by atoms with E-state index in [1.165, 1.54) is 33.5 Å². The average Bonchev–Trinajstić information content (AvgIpc) is 2.96. The highest BCUT2D eigenvalue weighted by Gasteiger charge is 2.54. The maximum absolute atomic E-state index is 12.1. The Morgan fingerprint density at radius 1 is 0.921 bits per heavy atom. The van der Waals surface area contributed by atoms with E-state index in [-0.39, 0.29) is 23.0 Å². The smallest absolute Gasteiger partial charge is 0.131 e. The van der Waals surface area contributed by atoms with Crippen LogP contribution in [0, 0.1) is 11.8 Å². The van der Waals surface area contributed by atoms with Crippen LogP contribution in [0.4, 0.5) is 0 Å². The van der Waals surface area contributed by atoms with Gasteiger partial charge >= 0.3 is 0 Å². The van der Waals surface area contributed by atoms with Gasteiger partial charge in [0.15, 0.2) is 0 Å². The number of aliphatic hydroxyl groups excluding tert-OH is 1. The monoisotopic (exact) mass is 564 g/mol. The minimum Gasteiger partial charge on any atom is -1.00 e. The van der Waals surface area contributed by atoms with Gasteiger partial charge in [0.2, 0.25) is 0 Å². The van der Waals surface area contributed by atoms with E-state index in [1.807, 2.05) is 30.5 Å². The van der Waals surface area contributed by atoms with Crippen LogP contribution in [-0.2, 0) is 6.54 Å². The van der Waals surface area contributed by atoms with Crippen LogP contribution in [-0.4, -0.2) is 33.7 Å². The van der Waals surface area contributed by atoms with Crippen LogP contribution >= 0.6 is 0 Å². The van der Waals surface area contributed by atoms with Gasteiger partial charge in [-0.2, -0.15) is 0 Å². The summed E-state index contributed by atoms with van der Waals surface area (Å²) in [6.07, 6.45) is 5.72. The SMILES string of the molecule is C=C[C@H]1C[N+]2(Cc3c4ccccc4cc4ccccc34)CC[C@H]1C[C@@H]2[C@@H](O)c1ccnc2ccccc12.[Br-]. The quantitative estimate of drug-likeness (QED) is 0.197. The summed E-state index contributed by atoms with van der Waals surface area (Å²) in [6.45, 7) is 7.28. The maximum atomic E-state index is 12.1. The Kier molecular flexibility index (Phi) is 6.59. The van der Waals surface area contributed by atoms with Gasteiger partial charge in [-0.1, -0.05) is 72.8 Å². The van der Waals surface area contributed by atoms with Crippen LogP contribution in [0.5, 0.6) is 0 Å². The molecule has 0 radical (unpaired) electrons. The lowest BCUT2D eigenvalue weighted by Crippen LogP contribution is -3.00. The fraction of sp³-hybridized carbons (Fsp3) is 0.265. The van der Waals surface area contributed by atoms with Crippen molar-refractivity contribution in [3.8, 4) is 0 Å². The number of benzene rings is 4. The number of aromatic nitrogens is 1. The molecule has 1 aromatic heterocycles. The Balaban J connectivity index is 0.00000264. The molecule has 0 saturated carbocycles. The third kappa shape index (κ3) is 3.98. The number of rotatable bonds is 5. The van der Waals surface area contributed by atoms with Crippen LogP contribution in [0.1, 0.15) is 30.1 Å². The second-order valence-corrected chi connectivity index (χ2v) is 11.2. The summed E-state index contributed by atoms with van der Waals surface area (Å²) in [5.74, 6) is 1.09. The van der Waals surface area contributed by atoms with Gasteiger partial charge in [-0.25, -0.2) is 0 Å². The number of fused-ring (bicyclic) bond motifs is 6. The number of hydrogen-bond donors (Lipinski definition) is 1. The van der Waals surface area contributed by atoms with Crippen molar-refractivity contribution < 1.29 is 26.6 Å². The number of aliphatic hydroxyl groups is 1. The predicted octanol–water partition coefficient (Wildman–Crippen LogP) is 4.19. The number of halogens is 1. The molecule has 4 heterocycles. The molecule has 1 unspecified atom stereocenters. The molecule has 192 valence electrons. The second kappa shape index (κ2) is 9.92. The number of quaternary nitrogens is 1. The lowest BCUT2D eigenvalue weighted by Gasteiger charge is -2.58. The average molecular weight is 566 g/mol. The fourth-order valence-electron chi connectivity index (χ4n) is 7.56. The van der Waals surface area contributed by atoms with Crippen molar-refractivity contribution in [2.45, 2.75) is 31.5 Å². The minimum atomic E-state index is -0.539. The zero-order chi connectivity index (χ0) is 25.0. The van der Waals surface area contributed by atoms with E-state index >= 15 is 0 Å². The Bertz CT molecular complexity index is 1590. The zero-order valence-electron chi connectivity index (χ0n) is 21.5. The van der Waals surface area contributed by atoms with E-state index in [2.05, 4.69) is 78.3 Å². The third-order valence-corrected chi connectivity index (χ3v) is 9.40. The topological polar surface area (TPSA) is 33.1 Å². The molecular formula is C34H33BrN2O. The van der Waals surface area contributed by atoms with Crippen LogP contribution in [0.15, 0.2) is 104 Å². The normalized spacial score (nSPS) is 25.3. The highest BCUT2D eigenvalue weighted by Crippen LogP contribution is 2.49. The first kappa shape index (κ1) is 25.2. The molecule has 4 heteroatoms. The summed E-state index contributed by atoms with van der Waals surface area (Å²) >= 11 is 0. The van der Waals surface area contributed by atoms with Gasteiger partial charge in [0.1, 0.15) is 18.7 Å².